The largest absolute Gasteiger partial charge is 0.445 e. The van der Waals surface area contributed by atoms with E-state index in [9.17, 15) is 9.00 Å². The van der Waals surface area contributed by atoms with Crippen molar-refractivity contribution in [3.8, 4) is 0 Å². The van der Waals surface area contributed by atoms with Crippen LogP contribution in [-0.2, 0) is 15.5 Å². The molecule has 0 N–H and O–H groups in total. The van der Waals surface area contributed by atoms with E-state index < -0.39 is 10.8 Å². The van der Waals surface area contributed by atoms with Crippen molar-refractivity contribution >= 4 is 16.9 Å². The number of amides is 1. The van der Waals surface area contributed by atoms with Crippen LogP contribution in [0.1, 0.15) is 6.92 Å². The molecular weight excluding hydrogens is 214 g/mol. The van der Waals surface area contributed by atoms with Crippen LogP contribution in [0, 0.1) is 5.41 Å². The highest BCUT2D eigenvalue weighted by Crippen LogP contribution is 2.30. The zero-order valence-electron chi connectivity index (χ0n) is 9.19. The molecule has 0 aromatic carbocycles. The van der Waals surface area contributed by atoms with E-state index in [0.717, 1.165) is 0 Å². The van der Waals surface area contributed by atoms with Gasteiger partial charge in [-0.25, -0.2) is 4.79 Å². The fourth-order valence-electron chi connectivity index (χ4n) is 1.81. The van der Waals surface area contributed by atoms with E-state index in [0.29, 0.717) is 18.8 Å². The highest BCUT2D eigenvalue weighted by molar-refractivity contribution is 7.84. The zero-order chi connectivity index (χ0) is 11.5. The van der Waals surface area contributed by atoms with Crippen molar-refractivity contribution in [3.63, 3.8) is 0 Å². The van der Waals surface area contributed by atoms with Crippen molar-refractivity contribution in [1.82, 2.24) is 4.90 Å². The average Bonchev–Trinajstić information content (AvgIpc) is 2.09. The second-order valence-electron chi connectivity index (χ2n) is 4.25. The third kappa shape index (κ3) is 3.34. The zero-order valence-corrected chi connectivity index (χ0v) is 10.0. The van der Waals surface area contributed by atoms with E-state index in [1.54, 1.807) is 11.2 Å². The predicted octanol–water partition coefficient (Wildman–Crippen LogP) is 1.01. The van der Waals surface area contributed by atoms with Crippen molar-refractivity contribution in [1.29, 1.82) is 0 Å². The molecule has 15 heavy (non-hydrogen) atoms. The fraction of sp³-hybridized carbons (Fsp3) is 0.700. The van der Waals surface area contributed by atoms with Crippen molar-refractivity contribution in [2.75, 3.05) is 31.7 Å². The Balaban J connectivity index is 2.32. The summed E-state index contributed by atoms with van der Waals surface area (Å²) in [6.45, 7) is 7.00. The minimum absolute atomic E-state index is 0.00713. The van der Waals surface area contributed by atoms with E-state index >= 15 is 0 Å². The summed E-state index contributed by atoms with van der Waals surface area (Å²) in [5, 5.41) is 0. The quantitative estimate of drug-likeness (QED) is 0.678. The highest BCUT2D eigenvalue weighted by Gasteiger charge is 2.42. The number of carbonyl (C=O) groups is 1. The lowest BCUT2D eigenvalue weighted by atomic mass is 9.84. The Bertz CT molecular complexity index is 284. The summed E-state index contributed by atoms with van der Waals surface area (Å²) in [4.78, 5) is 13.0. The van der Waals surface area contributed by atoms with Gasteiger partial charge in [0.05, 0.1) is 0 Å². The molecule has 0 bridgehead atoms. The lowest BCUT2D eigenvalue weighted by Gasteiger charge is -2.46. The van der Waals surface area contributed by atoms with Crippen LogP contribution in [0.4, 0.5) is 4.79 Å². The molecule has 1 aliphatic rings. The van der Waals surface area contributed by atoms with Gasteiger partial charge in [-0.3, -0.25) is 4.21 Å². The monoisotopic (exact) mass is 231 g/mol. The molecule has 86 valence electrons. The number of rotatable bonds is 4. The minimum Gasteiger partial charge on any atom is -0.445 e. The summed E-state index contributed by atoms with van der Waals surface area (Å²) < 4.78 is 16.0. The molecule has 4 nitrogen and oxygen atoms in total. The Hall–Kier alpha value is -0.840. The second-order valence-corrected chi connectivity index (χ2v) is 5.68. The van der Waals surface area contributed by atoms with Crippen LogP contribution in [0.15, 0.2) is 12.7 Å². The lowest BCUT2D eigenvalue weighted by molar-refractivity contribution is 0.0234. The summed E-state index contributed by atoms with van der Waals surface area (Å²) in [5.74, 6) is 0.637. The van der Waals surface area contributed by atoms with Gasteiger partial charge in [-0.05, 0) is 0 Å². The number of nitrogens with zero attached hydrogens (tertiary/aromatic N) is 1. The van der Waals surface area contributed by atoms with Crippen molar-refractivity contribution < 1.29 is 13.7 Å². The third-order valence-electron chi connectivity index (χ3n) is 2.28. The maximum Gasteiger partial charge on any atom is 0.410 e. The summed E-state index contributed by atoms with van der Waals surface area (Å²) in [7, 11) is -0.812. The lowest BCUT2D eigenvalue weighted by Crippen LogP contribution is -2.59. The summed E-state index contributed by atoms with van der Waals surface area (Å²) >= 11 is 0. The number of hydrogen-bond donors (Lipinski definition) is 0. The Morgan fingerprint density at radius 2 is 2.27 bits per heavy atom. The molecule has 0 spiro atoms. The molecule has 0 saturated carbocycles. The van der Waals surface area contributed by atoms with E-state index in [1.165, 1.54) is 6.08 Å². The van der Waals surface area contributed by atoms with Crippen LogP contribution >= 0.6 is 0 Å². The van der Waals surface area contributed by atoms with Crippen LogP contribution in [0.2, 0.25) is 0 Å². The van der Waals surface area contributed by atoms with E-state index in [-0.39, 0.29) is 18.1 Å². The topological polar surface area (TPSA) is 46.6 Å². The van der Waals surface area contributed by atoms with Crippen LogP contribution in [-0.4, -0.2) is 46.9 Å². The van der Waals surface area contributed by atoms with Crippen LogP contribution in [0.3, 0.4) is 0 Å². The summed E-state index contributed by atoms with van der Waals surface area (Å²) in [6.07, 6.45) is 2.91. The number of ether oxygens (including phenoxy) is 1. The molecule has 0 aromatic rings. The summed E-state index contributed by atoms with van der Waals surface area (Å²) in [5.41, 5.74) is -0.00713. The first kappa shape index (κ1) is 12.2. The van der Waals surface area contributed by atoms with Gasteiger partial charge < -0.3 is 9.64 Å². The Morgan fingerprint density at radius 3 is 2.73 bits per heavy atom. The Kier molecular flexibility index (Phi) is 3.90. The van der Waals surface area contributed by atoms with Gasteiger partial charge >= 0.3 is 6.09 Å². The molecule has 1 rings (SSSR count). The molecule has 1 fully saturated rings. The Labute approximate surface area is 92.7 Å². The van der Waals surface area contributed by atoms with Gasteiger partial charge in [-0.1, -0.05) is 19.6 Å². The molecule has 5 heteroatoms. The van der Waals surface area contributed by atoms with Gasteiger partial charge in [0.25, 0.3) is 0 Å². The van der Waals surface area contributed by atoms with Crippen molar-refractivity contribution in [3.05, 3.63) is 12.7 Å². The second kappa shape index (κ2) is 4.79. The van der Waals surface area contributed by atoms with Gasteiger partial charge in [0.1, 0.15) is 6.61 Å². The molecule has 0 radical (unpaired) electrons. The maximum absolute atomic E-state index is 11.3. The van der Waals surface area contributed by atoms with Crippen LogP contribution in [0.25, 0.3) is 0 Å². The number of likely N-dealkylation sites (tertiary alicyclic amines) is 1. The van der Waals surface area contributed by atoms with Crippen LogP contribution in [0.5, 0.6) is 0 Å². The van der Waals surface area contributed by atoms with Crippen molar-refractivity contribution in [2.24, 2.45) is 5.41 Å². The van der Waals surface area contributed by atoms with Gasteiger partial charge in [0, 0.05) is 41.3 Å². The highest BCUT2D eigenvalue weighted by atomic mass is 32.2. The van der Waals surface area contributed by atoms with Gasteiger partial charge in [-0.2, -0.15) is 0 Å². The molecule has 1 atom stereocenters. The standard InChI is InChI=1S/C10H17NO3S/c1-4-5-14-9(12)11-6-10(2,7-11)8-15(3)13/h4H,1,5-8H2,2-3H3. The van der Waals surface area contributed by atoms with Gasteiger partial charge in [-0.15, -0.1) is 0 Å². The SMILES string of the molecule is C=CCOC(=O)N1CC(C)(CS(C)=O)C1. The smallest absolute Gasteiger partial charge is 0.410 e. The average molecular weight is 231 g/mol. The van der Waals surface area contributed by atoms with Crippen molar-refractivity contribution in [2.45, 2.75) is 6.92 Å². The van der Waals surface area contributed by atoms with Crippen LogP contribution < -0.4 is 0 Å². The Morgan fingerprint density at radius 1 is 1.67 bits per heavy atom. The van der Waals surface area contributed by atoms with Gasteiger partial charge in [0.2, 0.25) is 0 Å². The summed E-state index contributed by atoms with van der Waals surface area (Å²) in [6, 6.07) is 0. The first-order valence-corrected chi connectivity index (χ1v) is 6.52. The normalized spacial score (nSPS) is 20.3. The molecule has 1 unspecified atom stereocenters. The molecule has 1 amide bonds. The van der Waals surface area contributed by atoms with E-state index in [4.69, 9.17) is 4.74 Å². The third-order valence-corrected chi connectivity index (χ3v) is 3.38. The van der Waals surface area contributed by atoms with E-state index in [2.05, 4.69) is 6.58 Å². The fourth-order valence-corrected chi connectivity index (χ4v) is 2.97. The molecule has 1 aliphatic heterocycles. The first-order chi connectivity index (χ1) is 6.97. The number of hydrogen-bond acceptors (Lipinski definition) is 3. The minimum atomic E-state index is -0.812. The number of carbonyl (C=O) groups excluding carboxylic acids is 1. The van der Waals surface area contributed by atoms with Gasteiger partial charge in [0.15, 0.2) is 0 Å². The molecular formula is C10H17NO3S. The molecule has 1 saturated heterocycles. The molecule has 1 heterocycles. The van der Waals surface area contributed by atoms with E-state index in [1.807, 2.05) is 6.92 Å². The maximum atomic E-state index is 11.3. The molecule has 0 aromatic heterocycles. The molecule has 0 aliphatic carbocycles. The predicted molar refractivity (Wildman–Crippen MR) is 60.2 cm³/mol. The first-order valence-electron chi connectivity index (χ1n) is 4.79.